The Balaban J connectivity index is 1.28. The van der Waals surface area contributed by atoms with Gasteiger partial charge in [-0.1, -0.05) is 200 Å². The van der Waals surface area contributed by atoms with Crippen molar-refractivity contribution in [3.63, 3.8) is 0 Å². The summed E-state index contributed by atoms with van der Waals surface area (Å²) in [6.07, 6.45) is 0. The van der Waals surface area contributed by atoms with E-state index in [2.05, 4.69) is 206 Å². The van der Waals surface area contributed by atoms with Crippen LogP contribution in [0, 0.1) is 0 Å². The van der Waals surface area contributed by atoms with Crippen molar-refractivity contribution in [2.45, 2.75) is 0 Å². The third-order valence-corrected chi connectivity index (χ3v) is 10.7. The maximum absolute atomic E-state index is 2.45. The second-order valence-electron chi connectivity index (χ2n) is 13.6. The van der Waals surface area contributed by atoms with Crippen molar-refractivity contribution in [3.8, 4) is 55.6 Å². The minimum atomic E-state index is 1.21. The molecule has 0 atom stereocenters. The van der Waals surface area contributed by atoms with Gasteiger partial charge in [0, 0.05) is 0 Å². The Morgan fingerprint density at radius 3 is 1.35 bits per heavy atom. The highest BCUT2D eigenvalue weighted by Crippen LogP contribution is 2.47. The quantitative estimate of drug-likeness (QED) is 0.161. The second-order valence-corrected chi connectivity index (χ2v) is 13.6. The molecule has 10 rings (SSSR count). The molecule has 0 aromatic heterocycles. The molecule has 242 valence electrons. The Labute approximate surface area is 303 Å². The summed E-state index contributed by atoms with van der Waals surface area (Å²) in [6, 6.07) is 75.6. The van der Waals surface area contributed by atoms with Crippen molar-refractivity contribution in [2.24, 2.45) is 0 Å². The summed E-state index contributed by atoms with van der Waals surface area (Å²) in [5, 5.41) is 10.0. The molecule has 0 aliphatic rings. The molecule has 0 unspecified atom stereocenters. The fourth-order valence-electron chi connectivity index (χ4n) is 8.28. The zero-order valence-corrected chi connectivity index (χ0v) is 28.6. The maximum atomic E-state index is 2.45. The van der Waals surface area contributed by atoms with Crippen LogP contribution in [0.25, 0.3) is 98.7 Å². The monoisotopic (exact) mass is 658 g/mol. The fourth-order valence-corrected chi connectivity index (χ4v) is 8.28. The number of rotatable bonds is 5. The first-order valence-corrected chi connectivity index (χ1v) is 18.0. The molecule has 0 heteroatoms. The van der Waals surface area contributed by atoms with E-state index in [0.717, 1.165) is 0 Å². The normalized spacial score (nSPS) is 11.5. The molecule has 0 amide bonds. The van der Waals surface area contributed by atoms with Crippen molar-refractivity contribution in [1.82, 2.24) is 0 Å². The van der Waals surface area contributed by atoms with Crippen molar-refractivity contribution in [2.75, 3.05) is 0 Å². The Bertz CT molecular complexity index is 2920. The van der Waals surface area contributed by atoms with E-state index in [1.54, 1.807) is 0 Å². The van der Waals surface area contributed by atoms with E-state index in [4.69, 9.17) is 0 Å². The van der Waals surface area contributed by atoms with E-state index in [1.807, 2.05) is 0 Å². The first-order valence-electron chi connectivity index (χ1n) is 18.0. The van der Waals surface area contributed by atoms with E-state index in [-0.39, 0.29) is 0 Å². The molecule has 0 nitrogen and oxygen atoms in total. The first kappa shape index (κ1) is 30.1. The van der Waals surface area contributed by atoms with Gasteiger partial charge in [0.1, 0.15) is 0 Å². The summed E-state index contributed by atoms with van der Waals surface area (Å²) in [4.78, 5) is 0. The first-order chi connectivity index (χ1) is 25.8. The van der Waals surface area contributed by atoms with Crippen LogP contribution < -0.4 is 0 Å². The third kappa shape index (κ3) is 5.00. The van der Waals surface area contributed by atoms with E-state index in [0.29, 0.717) is 0 Å². The summed E-state index contributed by atoms with van der Waals surface area (Å²) in [6.45, 7) is 0. The number of hydrogen-bond donors (Lipinski definition) is 0. The van der Waals surface area contributed by atoms with Gasteiger partial charge in [0.2, 0.25) is 0 Å². The molecule has 0 bridgehead atoms. The van der Waals surface area contributed by atoms with Crippen LogP contribution in [0.1, 0.15) is 0 Å². The van der Waals surface area contributed by atoms with Crippen molar-refractivity contribution in [3.05, 3.63) is 206 Å². The molecule has 10 aromatic rings. The summed E-state index contributed by atoms with van der Waals surface area (Å²) in [5.41, 5.74) is 12.4. The van der Waals surface area contributed by atoms with Crippen molar-refractivity contribution < 1.29 is 0 Å². The number of fused-ring (bicyclic) bond motifs is 4. The van der Waals surface area contributed by atoms with Gasteiger partial charge in [-0.15, -0.1) is 0 Å². The molecule has 0 saturated carbocycles. The van der Waals surface area contributed by atoms with Gasteiger partial charge in [-0.3, -0.25) is 0 Å². The molecule has 52 heavy (non-hydrogen) atoms. The van der Waals surface area contributed by atoms with Gasteiger partial charge in [-0.2, -0.15) is 0 Å². The van der Waals surface area contributed by atoms with E-state index >= 15 is 0 Å². The topological polar surface area (TPSA) is 0 Å². The summed E-state index contributed by atoms with van der Waals surface area (Å²) < 4.78 is 0. The standard InChI is InChI=1S/C52H34/c1-2-14-35(15-3-1)36-28-30-39(31-29-36)51-47-24-10-11-25-48(47)52(46-27-13-19-38-17-5-7-21-42(38)46)49-33-32-40(34-50(49)51)43-22-8-9-23-44(43)45-26-12-18-37-16-4-6-20-41(37)45/h1-34H. The van der Waals surface area contributed by atoms with E-state index < -0.39 is 0 Å². The molecule has 0 N–H and O–H groups in total. The number of benzene rings is 10. The van der Waals surface area contributed by atoms with Gasteiger partial charge in [0.05, 0.1) is 0 Å². The van der Waals surface area contributed by atoms with Gasteiger partial charge >= 0.3 is 0 Å². The average molecular weight is 659 g/mol. The van der Waals surface area contributed by atoms with Crippen LogP contribution >= 0.6 is 0 Å². The lowest BCUT2D eigenvalue weighted by molar-refractivity contribution is 1.60. The summed E-state index contributed by atoms with van der Waals surface area (Å²) in [7, 11) is 0. The molecule has 0 heterocycles. The molecule has 0 spiro atoms. The smallest absolute Gasteiger partial charge is 0.00201 e. The lowest BCUT2D eigenvalue weighted by atomic mass is 9.83. The molecule has 0 fully saturated rings. The van der Waals surface area contributed by atoms with Gasteiger partial charge in [0.15, 0.2) is 0 Å². The predicted molar refractivity (Wildman–Crippen MR) is 224 cm³/mol. The van der Waals surface area contributed by atoms with Crippen molar-refractivity contribution >= 4 is 43.1 Å². The van der Waals surface area contributed by atoms with Gasteiger partial charge in [0.25, 0.3) is 0 Å². The van der Waals surface area contributed by atoms with Gasteiger partial charge in [-0.05, 0) is 105 Å². The van der Waals surface area contributed by atoms with Crippen LogP contribution in [-0.2, 0) is 0 Å². The molecular formula is C52H34. The highest BCUT2D eigenvalue weighted by molar-refractivity contribution is 6.24. The predicted octanol–water partition coefficient (Wildman–Crippen LogP) is 14.6. The fraction of sp³-hybridized carbons (Fsp3) is 0. The van der Waals surface area contributed by atoms with Crippen LogP contribution in [0.3, 0.4) is 0 Å². The molecule has 0 saturated heterocycles. The zero-order valence-electron chi connectivity index (χ0n) is 28.6. The van der Waals surface area contributed by atoms with Crippen LogP contribution in [0.4, 0.5) is 0 Å². The lowest BCUT2D eigenvalue weighted by Gasteiger charge is -2.20. The van der Waals surface area contributed by atoms with Crippen LogP contribution in [-0.4, -0.2) is 0 Å². The van der Waals surface area contributed by atoms with E-state index in [1.165, 1.54) is 98.7 Å². The minimum absolute atomic E-state index is 1.21. The maximum Gasteiger partial charge on any atom is -0.00201 e. The van der Waals surface area contributed by atoms with E-state index in [9.17, 15) is 0 Å². The van der Waals surface area contributed by atoms with Gasteiger partial charge in [-0.25, -0.2) is 0 Å². The molecule has 0 aliphatic heterocycles. The lowest BCUT2D eigenvalue weighted by Crippen LogP contribution is -1.93. The molecule has 0 aliphatic carbocycles. The second kappa shape index (κ2) is 12.5. The largest absolute Gasteiger partial charge is 0.0622 e. The summed E-state index contributed by atoms with van der Waals surface area (Å²) in [5.74, 6) is 0. The highest BCUT2D eigenvalue weighted by atomic mass is 14.2. The minimum Gasteiger partial charge on any atom is -0.0622 e. The van der Waals surface area contributed by atoms with Crippen LogP contribution in [0.15, 0.2) is 206 Å². The van der Waals surface area contributed by atoms with Crippen LogP contribution in [0.5, 0.6) is 0 Å². The zero-order chi connectivity index (χ0) is 34.4. The molecular weight excluding hydrogens is 625 g/mol. The number of hydrogen-bond acceptors (Lipinski definition) is 0. The Kier molecular flexibility index (Phi) is 7.25. The van der Waals surface area contributed by atoms with Crippen molar-refractivity contribution in [1.29, 1.82) is 0 Å². The highest BCUT2D eigenvalue weighted by Gasteiger charge is 2.20. The van der Waals surface area contributed by atoms with Gasteiger partial charge < -0.3 is 0 Å². The SMILES string of the molecule is c1ccc(-c2ccc(-c3c4ccccc4c(-c4cccc5ccccc45)c4ccc(-c5ccccc5-c5cccc6ccccc56)cc34)cc2)cc1. The molecule has 0 radical (unpaired) electrons. The Morgan fingerprint density at radius 2 is 0.635 bits per heavy atom. The average Bonchev–Trinajstić information content (AvgIpc) is 3.22. The third-order valence-electron chi connectivity index (χ3n) is 10.7. The van der Waals surface area contributed by atoms with Crippen LogP contribution in [0.2, 0.25) is 0 Å². The summed E-state index contributed by atoms with van der Waals surface area (Å²) >= 11 is 0. The Morgan fingerprint density at radius 1 is 0.192 bits per heavy atom. The Hall–Kier alpha value is -6.76. The molecule has 10 aromatic carbocycles.